The Morgan fingerprint density at radius 3 is 1.55 bits per heavy atom. The second kappa shape index (κ2) is 12.4. The summed E-state index contributed by atoms with van der Waals surface area (Å²) < 4.78 is 29.7. The fourth-order valence-corrected chi connectivity index (χ4v) is 0. The monoisotopic (exact) mass is 191 g/mol. The topological polar surface area (TPSA) is 130 Å². The zero-order valence-corrected chi connectivity index (χ0v) is 7.08. The fourth-order valence-electron chi connectivity index (χ4n) is 0. The van der Waals surface area contributed by atoms with Gasteiger partial charge in [-0.05, 0) is 6.54 Å². The van der Waals surface area contributed by atoms with Gasteiger partial charge in [-0.3, -0.25) is 19.3 Å². The minimum Gasteiger partial charge on any atom is -0.331 e. The second-order valence-electron chi connectivity index (χ2n) is 1.00. The van der Waals surface area contributed by atoms with Crippen LogP contribution in [0.1, 0.15) is 6.92 Å². The van der Waals surface area contributed by atoms with E-state index in [1.807, 2.05) is 6.92 Å². The molecule has 0 amide bonds. The molecule has 72 valence electrons. The highest BCUT2D eigenvalue weighted by molar-refractivity contribution is 7.80. The summed E-state index contributed by atoms with van der Waals surface area (Å²) in [6, 6.07) is 0. The van der Waals surface area contributed by atoms with E-state index in [4.69, 9.17) is 20.8 Å². The van der Waals surface area contributed by atoms with Gasteiger partial charge in [-0.15, -0.1) is 0 Å². The lowest BCUT2D eigenvalue weighted by atomic mass is 10.8. The van der Waals surface area contributed by atoms with Crippen LogP contribution < -0.4 is 5.73 Å². The van der Waals surface area contributed by atoms with Crippen LogP contribution in [-0.4, -0.2) is 37.1 Å². The Hall–Kier alpha value is -0.250. The van der Waals surface area contributed by atoms with Crippen LogP contribution in [-0.2, 0) is 14.6 Å². The molecule has 0 saturated heterocycles. The van der Waals surface area contributed by atoms with Crippen LogP contribution in [0.5, 0.6) is 0 Å². The first-order chi connectivity index (χ1) is 4.97. The molecule has 11 heavy (non-hydrogen) atoms. The van der Waals surface area contributed by atoms with Crippen molar-refractivity contribution in [3.05, 3.63) is 0 Å². The second-order valence-corrected chi connectivity index (χ2v) is 2.19. The van der Waals surface area contributed by atoms with Crippen molar-refractivity contribution >= 4 is 10.4 Å². The molecule has 0 radical (unpaired) electrons. The van der Waals surface area contributed by atoms with Gasteiger partial charge in [-0.25, -0.2) is 0 Å². The van der Waals surface area contributed by atoms with E-state index in [1.54, 1.807) is 0 Å². The molecule has 0 aliphatic heterocycles. The summed E-state index contributed by atoms with van der Waals surface area (Å²) in [6.07, 6.45) is 0. The molecule has 7 nitrogen and oxygen atoms in total. The fraction of sp³-hybridized carbons (Fsp3) is 1.00. The maximum absolute atomic E-state index is 9.33. The number of hydrogen-bond acceptors (Lipinski definition) is 6. The van der Waals surface area contributed by atoms with E-state index in [-0.39, 0.29) is 0 Å². The largest absolute Gasteiger partial charge is 0.397 e. The Bertz CT molecular complexity index is 131. The number of hydrogen-bond donors (Lipinski definition) is 4. The predicted molar refractivity (Wildman–Crippen MR) is 38.5 cm³/mol. The minimum absolute atomic E-state index is 0.750. The highest BCUT2D eigenvalue weighted by Crippen LogP contribution is 1.74. The van der Waals surface area contributed by atoms with Crippen molar-refractivity contribution in [2.24, 2.45) is 5.73 Å². The first kappa shape index (κ1) is 17.0. The van der Waals surface area contributed by atoms with Crippen LogP contribution in [0.25, 0.3) is 0 Å². The average Bonchev–Trinajstić information content (AvgIpc) is 1.93. The Morgan fingerprint density at radius 1 is 1.45 bits per heavy atom. The van der Waals surface area contributed by atoms with E-state index < -0.39 is 10.4 Å². The number of nitrogens with two attached hydrogens (primary N) is 1. The van der Waals surface area contributed by atoms with Gasteiger partial charge in [-0.1, -0.05) is 6.92 Å². The SMILES string of the molecule is CCN.COS(=O)(=O)O.OO. The van der Waals surface area contributed by atoms with Crippen LogP contribution >= 0.6 is 0 Å². The van der Waals surface area contributed by atoms with Crippen LogP contribution in [0.3, 0.4) is 0 Å². The zero-order valence-electron chi connectivity index (χ0n) is 6.26. The normalized spacial score (nSPS) is 8.55. The highest BCUT2D eigenvalue weighted by atomic mass is 32.3. The number of rotatable bonds is 1. The molecular weight excluding hydrogens is 178 g/mol. The third kappa shape index (κ3) is 77.4. The maximum Gasteiger partial charge on any atom is 0.397 e. The molecule has 0 heterocycles. The average molecular weight is 191 g/mol. The van der Waals surface area contributed by atoms with Crippen molar-refractivity contribution in [3.63, 3.8) is 0 Å². The third-order valence-corrected chi connectivity index (χ3v) is 0.632. The van der Waals surface area contributed by atoms with Crippen LogP contribution in [0.2, 0.25) is 0 Å². The maximum atomic E-state index is 9.33. The molecular formula is C3H13NO6S. The van der Waals surface area contributed by atoms with Crippen molar-refractivity contribution < 1.29 is 27.7 Å². The summed E-state index contributed by atoms with van der Waals surface area (Å²) in [6.45, 7) is 2.65. The van der Waals surface area contributed by atoms with Gasteiger partial charge >= 0.3 is 10.4 Å². The smallest absolute Gasteiger partial charge is 0.331 e. The molecule has 5 N–H and O–H groups in total. The van der Waals surface area contributed by atoms with Crippen LogP contribution in [0.15, 0.2) is 0 Å². The van der Waals surface area contributed by atoms with Crippen molar-refractivity contribution in [2.45, 2.75) is 6.92 Å². The zero-order chi connectivity index (χ0) is 9.91. The van der Waals surface area contributed by atoms with E-state index in [0.29, 0.717) is 0 Å². The van der Waals surface area contributed by atoms with Crippen molar-refractivity contribution in [1.29, 1.82) is 0 Å². The van der Waals surface area contributed by atoms with Gasteiger partial charge in [0, 0.05) is 0 Å². The third-order valence-electron chi connectivity index (χ3n) is 0.211. The lowest BCUT2D eigenvalue weighted by Crippen LogP contribution is -1.96. The molecule has 0 saturated carbocycles. The molecule has 0 unspecified atom stereocenters. The van der Waals surface area contributed by atoms with Crippen molar-refractivity contribution in [1.82, 2.24) is 0 Å². The Labute approximate surface area is 65.3 Å². The minimum atomic E-state index is -4.16. The highest BCUT2D eigenvalue weighted by Gasteiger charge is 1.93. The molecule has 0 bridgehead atoms. The van der Waals surface area contributed by atoms with Gasteiger partial charge in [-0.2, -0.15) is 8.42 Å². The summed E-state index contributed by atoms with van der Waals surface area (Å²) in [5.74, 6) is 0. The summed E-state index contributed by atoms with van der Waals surface area (Å²) in [5.41, 5.74) is 4.85. The van der Waals surface area contributed by atoms with Gasteiger partial charge < -0.3 is 5.73 Å². The van der Waals surface area contributed by atoms with E-state index in [9.17, 15) is 8.42 Å². The summed E-state index contributed by atoms with van der Waals surface area (Å²) >= 11 is 0. The Morgan fingerprint density at radius 2 is 1.55 bits per heavy atom. The van der Waals surface area contributed by atoms with Crippen LogP contribution in [0.4, 0.5) is 0 Å². The molecule has 8 heteroatoms. The molecule has 0 aliphatic carbocycles. The van der Waals surface area contributed by atoms with E-state index in [2.05, 4.69) is 4.18 Å². The lowest BCUT2D eigenvalue weighted by Gasteiger charge is -1.82. The summed E-state index contributed by atoms with van der Waals surface area (Å²) in [7, 11) is -3.29. The van der Waals surface area contributed by atoms with E-state index >= 15 is 0 Å². The Kier molecular flexibility index (Phi) is 19.2. The summed E-state index contributed by atoms with van der Waals surface area (Å²) in [5, 5.41) is 12.0. The van der Waals surface area contributed by atoms with Gasteiger partial charge in [0.2, 0.25) is 0 Å². The molecule has 0 aromatic heterocycles. The first-order valence-corrected chi connectivity index (χ1v) is 3.77. The van der Waals surface area contributed by atoms with Gasteiger partial charge in [0.25, 0.3) is 0 Å². The molecule has 0 rings (SSSR count). The molecule has 0 aromatic rings. The molecule has 0 spiro atoms. The van der Waals surface area contributed by atoms with Crippen molar-refractivity contribution in [2.75, 3.05) is 13.7 Å². The van der Waals surface area contributed by atoms with Gasteiger partial charge in [0.1, 0.15) is 0 Å². The van der Waals surface area contributed by atoms with Gasteiger partial charge in [0.15, 0.2) is 0 Å². The first-order valence-electron chi connectivity index (χ1n) is 2.41. The molecule has 0 atom stereocenters. The standard InChI is InChI=1S/C2H7N.CH4O4S.H2O2/c1-2-3;1-5-6(2,3)4;1-2/h2-3H2,1H3;1H3,(H,2,3,4);1-2H. The molecule has 0 fully saturated rings. The molecule has 0 aliphatic rings. The lowest BCUT2D eigenvalue weighted by molar-refractivity contribution is -0.176. The van der Waals surface area contributed by atoms with E-state index in [0.717, 1.165) is 13.7 Å². The van der Waals surface area contributed by atoms with Crippen molar-refractivity contribution in [3.8, 4) is 0 Å². The predicted octanol–water partition coefficient (Wildman–Crippen LogP) is -0.582. The summed E-state index contributed by atoms with van der Waals surface area (Å²) in [4.78, 5) is 0. The Balaban J connectivity index is -0.000000109. The van der Waals surface area contributed by atoms with Crippen LogP contribution in [0, 0.1) is 0 Å². The molecule has 0 aromatic carbocycles. The van der Waals surface area contributed by atoms with Gasteiger partial charge in [0.05, 0.1) is 7.11 Å². The quantitative estimate of drug-likeness (QED) is 0.248. The van der Waals surface area contributed by atoms with E-state index in [1.165, 1.54) is 0 Å².